The molecule has 0 amide bonds. The first-order chi connectivity index (χ1) is 7.83. The van der Waals surface area contributed by atoms with Crippen LogP contribution in [0.3, 0.4) is 0 Å². The molecular formula is C16H46. The molecule has 0 aromatic heterocycles. The first-order valence-corrected chi connectivity index (χ1v) is 7.83. The van der Waals surface area contributed by atoms with Crippen LogP contribution < -0.4 is 0 Å². The van der Waals surface area contributed by atoms with Crippen molar-refractivity contribution in [2.24, 2.45) is 0 Å². The van der Waals surface area contributed by atoms with E-state index in [0.29, 0.717) is 0 Å². The molecule has 0 aliphatic carbocycles. The Morgan fingerprint density at radius 3 is 0.312 bits per heavy atom. The molecule has 0 N–H and O–H groups in total. The Kier molecular flexibility index (Phi) is 2040. The molecule has 0 fully saturated rings. The molecule has 0 heterocycles. The van der Waals surface area contributed by atoms with Gasteiger partial charge in [-0.3, -0.25) is 0 Å². The lowest BCUT2D eigenvalue weighted by molar-refractivity contribution is 1.09. The van der Waals surface area contributed by atoms with Gasteiger partial charge in [0, 0.05) is 0 Å². The van der Waals surface area contributed by atoms with E-state index in [4.69, 9.17) is 0 Å². The lowest BCUT2D eigenvalue weighted by atomic mass is 10.6. The fourth-order valence-electron chi connectivity index (χ4n) is 0. The Morgan fingerprint density at radius 2 is 0.312 bits per heavy atom. The van der Waals surface area contributed by atoms with Gasteiger partial charge in [-0.2, -0.15) is 0 Å². The highest BCUT2D eigenvalue weighted by Crippen LogP contribution is 1.56. The third kappa shape index (κ3) is 0. The average Bonchev–Trinajstić information content (AvgIpc) is 2.42. The third-order valence-corrected chi connectivity index (χ3v) is 0. The number of rotatable bonds is 0. The Morgan fingerprint density at radius 1 is 0.312 bits per heavy atom. The van der Waals surface area contributed by atoms with Crippen LogP contribution in [0, 0.1) is 0 Å². The van der Waals surface area contributed by atoms with Crippen molar-refractivity contribution in [3.8, 4) is 0 Å². The predicted molar refractivity (Wildman–Crippen MR) is 88.7 cm³/mol. The summed E-state index contributed by atoms with van der Waals surface area (Å²) < 4.78 is 0. The second-order valence-corrected chi connectivity index (χ2v) is 1.41. The molecule has 16 heavy (non-hydrogen) atoms. The summed E-state index contributed by atoms with van der Waals surface area (Å²) in [6, 6.07) is 0. The topological polar surface area (TPSA) is 0 Å². The van der Waals surface area contributed by atoms with Gasteiger partial charge in [-0.25, -0.2) is 0 Å². The van der Waals surface area contributed by atoms with Crippen molar-refractivity contribution in [2.45, 2.75) is 110 Å². The molecule has 0 aromatic carbocycles. The van der Waals surface area contributed by atoms with Gasteiger partial charge in [-0.05, 0) is 0 Å². The van der Waals surface area contributed by atoms with Crippen LogP contribution in [-0.4, -0.2) is 0 Å². The fraction of sp³-hybridized carbons (Fsp3) is 1.00. The Balaban J connectivity index is -0.0000000120. The summed E-state index contributed by atoms with van der Waals surface area (Å²) in [5.74, 6) is 0. The quantitative estimate of drug-likeness (QED) is 0.401. The molecular weight excluding hydrogens is 192 g/mol. The van der Waals surface area contributed by atoms with Gasteiger partial charge in [0.25, 0.3) is 0 Å². The van der Waals surface area contributed by atoms with Crippen molar-refractivity contribution < 1.29 is 0 Å². The van der Waals surface area contributed by atoms with E-state index >= 15 is 0 Å². The Bertz CT molecular complexity index is 2.00. The van der Waals surface area contributed by atoms with Gasteiger partial charge >= 0.3 is 0 Å². The molecule has 0 rings (SSSR count). The van der Waals surface area contributed by atoms with Crippen LogP contribution in [0.1, 0.15) is 110 Å². The molecule has 0 saturated carbocycles. The molecule has 0 spiro atoms. The summed E-state index contributed by atoms with van der Waals surface area (Å²) >= 11 is 0. The first kappa shape index (κ1) is 44.4. The van der Waals surface area contributed by atoms with Crippen molar-refractivity contribution >= 4 is 0 Å². The first-order valence-electron chi connectivity index (χ1n) is 7.83. The summed E-state index contributed by atoms with van der Waals surface area (Å²) in [6.45, 7) is 28.5. The van der Waals surface area contributed by atoms with Gasteiger partial charge in [0.1, 0.15) is 0 Å². The molecule has 0 aliphatic heterocycles. The normalized spacial score (nSPS) is 4.12. The van der Waals surface area contributed by atoms with E-state index in [1.165, 1.54) is 12.8 Å². The van der Waals surface area contributed by atoms with Gasteiger partial charge in [-0.1, -0.05) is 110 Å². The molecule has 0 nitrogen and oxygen atoms in total. The van der Waals surface area contributed by atoms with Gasteiger partial charge < -0.3 is 0 Å². The largest absolute Gasteiger partial charge is 0.0683 e. The van der Waals surface area contributed by atoms with Crippen molar-refractivity contribution in [3.63, 3.8) is 0 Å². The van der Waals surface area contributed by atoms with Crippen LogP contribution in [0.4, 0.5) is 0 Å². The highest BCUT2D eigenvalue weighted by atomic mass is 13.4. The molecule has 0 bridgehead atoms. The van der Waals surface area contributed by atoms with Gasteiger partial charge in [0.2, 0.25) is 0 Å². The van der Waals surface area contributed by atoms with Gasteiger partial charge in [-0.15, -0.1) is 0 Å². The Hall–Kier alpha value is 0. The van der Waals surface area contributed by atoms with Crippen LogP contribution in [0.15, 0.2) is 0 Å². The van der Waals surface area contributed by atoms with Crippen LogP contribution in [0.2, 0.25) is 0 Å². The standard InChI is InChI=1S/2C3H8.5C2H6/c2*1-3-2;5*1-2/h2*3H2,1-2H3;5*1-2H3. The third-order valence-electron chi connectivity index (χ3n) is 0. The highest BCUT2D eigenvalue weighted by molar-refractivity contribution is 3.92. The minimum absolute atomic E-state index is 1.25. The van der Waals surface area contributed by atoms with E-state index in [2.05, 4.69) is 27.7 Å². The number of hydrogen-bond acceptors (Lipinski definition) is 0. The molecule has 0 saturated heterocycles. The minimum Gasteiger partial charge on any atom is -0.0683 e. The summed E-state index contributed by atoms with van der Waals surface area (Å²) in [4.78, 5) is 0. The summed E-state index contributed by atoms with van der Waals surface area (Å²) in [7, 11) is 0. The van der Waals surface area contributed by atoms with Crippen LogP contribution in [0.25, 0.3) is 0 Å². The van der Waals surface area contributed by atoms with Crippen molar-refractivity contribution in [1.82, 2.24) is 0 Å². The summed E-state index contributed by atoms with van der Waals surface area (Å²) in [5.41, 5.74) is 0. The SMILES string of the molecule is CC.CC.CC.CC.CC.CCC.CCC. The van der Waals surface area contributed by atoms with E-state index < -0.39 is 0 Å². The van der Waals surface area contributed by atoms with Crippen LogP contribution in [0.5, 0.6) is 0 Å². The molecule has 0 aromatic rings. The summed E-state index contributed by atoms with van der Waals surface area (Å²) in [5, 5.41) is 0. The molecule has 0 unspecified atom stereocenters. The molecule has 0 aliphatic rings. The van der Waals surface area contributed by atoms with Crippen molar-refractivity contribution in [2.75, 3.05) is 0 Å². The second kappa shape index (κ2) is 735. The molecule has 0 radical (unpaired) electrons. The molecule has 0 atom stereocenters. The van der Waals surface area contributed by atoms with E-state index in [9.17, 15) is 0 Å². The van der Waals surface area contributed by atoms with Gasteiger partial charge in [0.15, 0.2) is 0 Å². The monoisotopic (exact) mass is 238 g/mol. The minimum atomic E-state index is 1.25. The zero-order chi connectivity index (χ0) is 15.4. The van der Waals surface area contributed by atoms with Crippen LogP contribution in [-0.2, 0) is 0 Å². The van der Waals surface area contributed by atoms with E-state index in [0.717, 1.165) is 0 Å². The zero-order valence-electron chi connectivity index (χ0n) is 15.4. The maximum Gasteiger partial charge on any atom is -0.0590 e. The maximum absolute atomic E-state index is 2.12. The van der Waals surface area contributed by atoms with E-state index in [1.54, 1.807) is 0 Å². The fourth-order valence-corrected chi connectivity index (χ4v) is 0. The zero-order valence-corrected chi connectivity index (χ0v) is 15.4. The second-order valence-electron chi connectivity index (χ2n) is 1.41. The number of hydrogen-bond donors (Lipinski definition) is 0. The lowest BCUT2D eigenvalue weighted by Gasteiger charge is -1.48. The van der Waals surface area contributed by atoms with Crippen LogP contribution >= 0.6 is 0 Å². The average molecular weight is 239 g/mol. The smallest absolute Gasteiger partial charge is 0.0590 e. The van der Waals surface area contributed by atoms with E-state index in [1.807, 2.05) is 69.2 Å². The lowest BCUT2D eigenvalue weighted by Crippen LogP contribution is -1.27. The summed E-state index contributed by atoms with van der Waals surface area (Å²) in [6.07, 6.45) is 2.50. The highest BCUT2D eigenvalue weighted by Gasteiger charge is 1.36. The van der Waals surface area contributed by atoms with E-state index in [-0.39, 0.29) is 0 Å². The molecule has 110 valence electrons. The van der Waals surface area contributed by atoms with Crippen molar-refractivity contribution in [3.05, 3.63) is 0 Å². The molecule has 0 heteroatoms. The Labute approximate surface area is 110 Å². The van der Waals surface area contributed by atoms with Gasteiger partial charge in [0.05, 0.1) is 0 Å². The maximum atomic E-state index is 2.12. The predicted octanol–water partition coefficient (Wildman–Crippen LogP) is 7.96. The van der Waals surface area contributed by atoms with Crippen molar-refractivity contribution in [1.29, 1.82) is 0 Å².